The zero-order valence-electron chi connectivity index (χ0n) is 17.9. The summed E-state index contributed by atoms with van der Waals surface area (Å²) in [7, 11) is 1.48. The van der Waals surface area contributed by atoms with Crippen LogP contribution < -0.4 is 21.3 Å². The fourth-order valence-corrected chi connectivity index (χ4v) is 3.26. The van der Waals surface area contributed by atoms with E-state index in [1.54, 1.807) is 18.2 Å². The van der Waals surface area contributed by atoms with Crippen molar-refractivity contribution >= 4 is 11.6 Å². The first-order chi connectivity index (χ1) is 16.4. The van der Waals surface area contributed by atoms with Crippen LogP contribution >= 0.6 is 0 Å². The molecule has 0 spiro atoms. The molecule has 0 unspecified atom stereocenters. The Morgan fingerprint density at radius 3 is 2.29 bits per heavy atom. The van der Waals surface area contributed by atoms with Gasteiger partial charge >= 0.3 is 5.69 Å². The third-order valence-electron chi connectivity index (χ3n) is 4.90. The van der Waals surface area contributed by atoms with Crippen molar-refractivity contribution in [1.29, 1.82) is 0 Å². The quantitative estimate of drug-likeness (QED) is 0.474. The zero-order valence-corrected chi connectivity index (χ0v) is 17.9. The molecule has 172 valence electrons. The molecule has 0 aliphatic rings. The number of carbonyl (C=O) groups excluding carboxylic acids is 1. The van der Waals surface area contributed by atoms with Crippen LogP contribution in [0.15, 0.2) is 82.4 Å². The van der Waals surface area contributed by atoms with Crippen LogP contribution in [-0.4, -0.2) is 27.4 Å². The Balaban J connectivity index is 1.84. The van der Waals surface area contributed by atoms with E-state index in [0.29, 0.717) is 11.3 Å². The van der Waals surface area contributed by atoms with Crippen LogP contribution in [0.3, 0.4) is 0 Å². The minimum absolute atomic E-state index is 0.102. The summed E-state index contributed by atoms with van der Waals surface area (Å²) in [6.07, 6.45) is 0. The summed E-state index contributed by atoms with van der Waals surface area (Å²) in [6.45, 7) is -0.297. The van der Waals surface area contributed by atoms with Gasteiger partial charge in [0.25, 0.3) is 11.5 Å². The third-order valence-corrected chi connectivity index (χ3v) is 4.90. The van der Waals surface area contributed by atoms with Gasteiger partial charge in [-0.2, -0.15) is 9.78 Å². The van der Waals surface area contributed by atoms with Crippen LogP contribution in [0.4, 0.5) is 14.5 Å². The maximum atomic E-state index is 13.7. The highest BCUT2D eigenvalue weighted by Crippen LogP contribution is 2.14. The fraction of sp³-hybridized carbons (Fsp3) is 0.0833. The van der Waals surface area contributed by atoms with Gasteiger partial charge in [-0.05, 0) is 60.2 Å². The first-order valence-electron chi connectivity index (χ1n) is 10.1. The Morgan fingerprint density at radius 1 is 0.971 bits per heavy atom. The lowest BCUT2D eigenvalue weighted by atomic mass is 10.2. The Labute approximate surface area is 191 Å². The Morgan fingerprint density at radius 2 is 1.65 bits per heavy atom. The number of nitrogens with one attached hydrogen (secondary N) is 1. The second-order valence-electron chi connectivity index (χ2n) is 7.23. The number of hydrogen-bond donors (Lipinski definition) is 1. The molecule has 0 aliphatic heterocycles. The predicted molar refractivity (Wildman–Crippen MR) is 121 cm³/mol. The van der Waals surface area contributed by atoms with E-state index < -0.39 is 34.5 Å². The minimum atomic E-state index is -0.979. The molecule has 0 fully saturated rings. The van der Waals surface area contributed by atoms with Gasteiger partial charge in [-0.15, -0.1) is 0 Å². The molecule has 0 saturated heterocycles. The fourth-order valence-electron chi connectivity index (χ4n) is 3.26. The molecule has 1 N–H and O–H groups in total. The van der Waals surface area contributed by atoms with E-state index in [0.717, 1.165) is 15.3 Å². The van der Waals surface area contributed by atoms with Crippen molar-refractivity contribution in [3.05, 3.63) is 117 Å². The summed E-state index contributed by atoms with van der Waals surface area (Å²) >= 11 is 0. The van der Waals surface area contributed by atoms with Crippen LogP contribution in [0, 0.1) is 11.6 Å². The van der Waals surface area contributed by atoms with Gasteiger partial charge in [-0.3, -0.25) is 14.2 Å². The van der Waals surface area contributed by atoms with Gasteiger partial charge in [-0.25, -0.2) is 13.6 Å². The first kappa shape index (κ1) is 22.6. The highest BCUT2D eigenvalue weighted by atomic mass is 19.1. The molecular weight excluding hydrogens is 446 g/mol. The molecule has 0 aliphatic carbocycles. The number of hydrogen-bond acceptors (Lipinski definition) is 5. The Bertz CT molecular complexity index is 1480. The maximum absolute atomic E-state index is 13.7. The summed E-state index contributed by atoms with van der Waals surface area (Å²) in [5.74, 6) is -1.54. The van der Waals surface area contributed by atoms with E-state index in [1.807, 2.05) is 0 Å². The largest absolute Gasteiger partial charge is 0.497 e. The van der Waals surface area contributed by atoms with Crippen LogP contribution in [0.25, 0.3) is 5.69 Å². The van der Waals surface area contributed by atoms with E-state index in [-0.39, 0.29) is 17.9 Å². The highest BCUT2D eigenvalue weighted by Gasteiger charge is 2.21. The van der Waals surface area contributed by atoms with Gasteiger partial charge in [-0.1, -0.05) is 18.2 Å². The summed E-state index contributed by atoms with van der Waals surface area (Å²) in [5.41, 5.74) is -1.71. The van der Waals surface area contributed by atoms with E-state index in [9.17, 15) is 23.2 Å². The Hall–Kier alpha value is -4.60. The first-order valence-corrected chi connectivity index (χ1v) is 10.1. The number of methoxy groups -OCH3 is 1. The van der Waals surface area contributed by atoms with Crippen LogP contribution in [0.5, 0.6) is 5.75 Å². The van der Waals surface area contributed by atoms with E-state index >= 15 is 0 Å². The van der Waals surface area contributed by atoms with Crippen molar-refractivity contribution in [3.8, 4) is 11.4 Å². The summed E-state index contributed by atoms with van der Waals surface area (Å²) < 4.78 is 34.0. The number of ether oxygens (including phenoxy) is 1. The SMILES string of the molecule is COc1ccc(-n2nc(C(=O)Nc3cccc(F)c3)c(=O)n(Cc3cccc(F)c3)c2=O)cc1. The monoisotopic (exact) mass is 464 g/mol. The van der Waals surface area contributed by atoms with E-state index in [1.165, 1.54) is 55.6 Å². The van der Waals surface area contributed by atoms with Crippen LogP contribution in [0.1, 0.15) is 16.1 Å². The smallest absolute Gasteiger partial charge is 0.352 e. The number of amides is 1. The van der Waals surface area contributed by atoms with Gasteiger partial charge in [0, 0.05) is 5.69 Å². The van der Waals surface area contributed by atoms with Crippen LogP contribution in [0.2, 0.25) is 0 Å². The molecule has 4 rings (SSSR count). The molecule has 0 saturated carbocycles. The number of aromatic nitrogens is 3. The van der Waals surface area contributed by atoms with Crippen molar-refractivity contribution in [2.24, 2.45) is 0 Å². The zero-order chi connectivity index (χ0) is 24.2. The van der Waals surface area contributed by atoms with Gasteiger partial charge in [0.15, 0.2) is 0 Å². The van der Waals surface area contributed by atoms with Crippen molar-refractivity contribution in [2.75, 3.05) is 12.4 Å². The van der Waals surface area contributed by atoms with Gasteiger partial charge < -0.3 is 10.1 Å². The molecule has 0 radical (unpaired) electrons. The minimum Gasteiger partial charge on any atom is -0.497 e. The average molecular weight is 464 g/mol. The number of carbonyl (C=O) groups is 1. The lowest BCUT2D eigenvalue weighted by Crippen LogP contribution is -2.45. The summed E-state index contributed by atoms with van der Waals surface area (Å²) in [4.78, 5) is 39.2. The summed E-state index contributed by atoms with van der Waals surface area (Å²) in [6, 6.07) is 16.7. The average Bonchev–Trinajstić information content (AvgIpc) is 2.82. The molecule has 10 heteroatoms. The maximum Gasteiger partial charge on any atom is 0.352 e. The normalized spacial score (nSPS) is 10.7. The van der Waals surface area contributed by atoms with Crippen molar-refractivity contribution in [3.63, 3.8) is 0 Å². The molecule has 0 bridgehead atoms. The molecule has 8 nitrogen and oxygen atoms in total. The second kappa shape index (κ2) is 9.49. The molecule has 1 amide bonds. The topological polar surface area (TPSA) is 95.2 Å². The van der Waals surface area contributed by atoms with Crippen LogP contribution in [-0.2, 0) is 6.54 Å². The summed E-state index contributed by atoms with van der Waals surface area (Å²) in [5, 5.41) is 6.39. The van der Waals surface area contributed by atoms with Gasteiger partial charge in [0.05, 0.1) is 19.3 Å². The van der Waals surface area contributed by atoms with Crippen molar-refractivity contribution in [2.45, 2.75) is 6.54 Å². The molecule has 4 aromatic rings. The third kappa shape index (κ3) is 4.75. The highest BCUT2D eigenvalue weighted by molar-refractivity contribution is 6.02. The number of anilines is 1. The molecule has 1 aromatic heterocycles. The number of benzene rings is 3. The van der Waals surface area contributed by atoms with Crippen molar-refractivity contribution in [1.82, 2.24) is 14.3 Å². The van der Waals surface area contributed by atoms with E-state index in [4.69, 9.17) is 4.74 Å². The lowest BCUT2D eigenvalue weighted by Gasteiger charge is -2.13. The lowest BCUT2D eigenvalue weighted by molar-refractivity contribution is 0.101. The standard InChI is InChI=1S/C24H18F2N4O4/c1-34-20-10-8-19(9-11-20)30-24(33)29(14-15-4-2-5-16(25)12-15)23(32)21(28-30)22(31)27-18-7-3-6-17(26)13-18/h2-13H,14H2,1H3,(H,27,31). The Kier molecular flexibility index (Phi) is 6.30. The van der Waals surface area contributed by atoms with Crippen molar-refractivity contribution < 1.29 is 18.3 Å². The molecule has 3 aromatic carbocycles. The number of rotatable bonds is 6. The predicted octanol–water partition coefficient (Wildman–Crippen LogP) is 2.98. The number of halogens is 2. The van der Waals surface area contributed by atoms with E-state index in [2.05, 4.69) is 10.4 Å². The molecule has 34 heavy (non-hydrogen) atoms. The number of nitrogens with zero attached hydrogens (tertiary/aromatic N) is 3. The second-order valence-corrected chi connectivity index (χ2v) is 7.23. The van der Waals surface area contributed by atoms with Gasteiger partial charge in [0.2, 0.25) is 5.69 Å². The van der Waals surface area contributed by atoms with Gasteiger partial charge in [0.1, 0.15) is 17.4 Å². The molecular formula is C24H18F2N4O4. The molecule has 1 heterocycles. The molecule has 0 atom stereocenters.